The molecule has 0 unspecified atom stereocenters. The van der Waals surface area contributed by atoms with Crippen LogP contribution in [0.5, 0.6) is 0 Å². The molecular weight excluding hydrogens is 228 g/mol. The number of Topliss-reactive ketones (excluding diaryl/α,β-unsaturated/α-hetero) is 1. The molecule has 0 saturated carbocycles. The number of hydrogen-bond acceptors (Lipinski definition) is 3. The van der Waals surface area contributed by atoms with Crippen molar-refractivity contribution < 1.29 is 14.3 Å². The van der Waals surface area contributed by atoms with Gasteiger partial charge in [0.2, 0.25) is 0 Å². The Morgan fingerprint density at radius 1 is 1.31 bits per heavy atom. The van der Waals surface area contributed by atoms with Crippen molar-refractivity contribution in [1.82, 2.24) is 0 Å². The first-order chi connectivity index (χ1) is 7.50. The Morgan fingerprint density at radius 3 is 2.50 bits per heavy atom. The summed E-state index contributed by atoms with van der Waals surface area (Å²) >= 11 is 6.00. The quantitative estimate of drug-likeness (QED) is 0.600. The van der Waals surface area contributed by atoms with Gasteiger partial charge in [-0.3, -0.25) is 9.59 Å². The first kappa shape index (κ1) is 12.7. The molecule has 0 saturated heterocycles. The van der Waals surface area contributed by atoms with Crippen molar-refractivity contribution in [3.8, 4) is 0 Å². The van der Waals surface area contributed by atoms with E-state index in [1.807, 2.05) is 0 Å². The van der Waals surface area contributed by atoms with Crippen LogP contribution in [0.1, 0.15) is 29.8 Å². The number of esters is 1. The van der Waals surface area contributed by atoms with Gasteiger partial charge in [-0.15, -0.1) is 0 Å². The van der Waals surface area contributed by atoms with E-state index in [2.05, 4.69) is 0 Å². The Hall–Kier alpha value is -1.35. The molecule has 1 rings (SSSR count). The van der Waals surface area contributed by atoms with E-state index in [9.17, 15) is 9.59 Å². The molecule has 0 N–H and O–H groups in total. The largest absolute Gasteiger partial charge is 0.466 e. The minimum atomic E-state index is -0.309. The second-order valence-electron chi connectivity index (χ2n) is 3.45. The van der Waals surface area contributed by atoms with Gasteiger partial charge in [-0.1, -0.05) is 23.7 Å². The lowest BCUT2D eigenvalue weighted by molar-refractivity contribution is -0.140. The predicted octanol–water partition coefficient (Wildman–Crippen LogP) is 2.65. The van der Waals surface area contributed by atoms with E-state index in [4.69, 9.17) is 16.3 Å². The van der Waals surface area contributed by atoms with Crippen LogP contribution in [-0.4, -0.2) is 18.4 Å². The second kappa shape index (κ2) is 5.66. The maximum Gasteiger partial charge on any atom is 0.302 e. The topological polar surface area (TPSA) is 43.4 Å². The van der Waals surface area contributed by atoms with Crippen molar-refractivity contribution in [3.63, 3.8) is 0 Å². The molecule has 0 aromatic heterocycles. The van der Waals surface area contributed by atoms with Crippen molar-refractivity contribution in [2.45, 2.75) is 20.3 Å². The number of halogens is 1. The zero-order valence-corrected chi connectivity index (χ0v) is 10.0. The summed E-state index contributed by atoms with van der Waals surface area (Å²) in [6.07, 6.45) is 0.552. The molecule has 1 aromatic rings. The van der Waals surface area contributed by atoms with E-state index in [1.165, 1.54) is 13.8 Å². The highest BCUT2D eigenvalue weighted by atomic mass is 35.5. The third-order valence-electron chi connectivity index (χ3n) is 2.14. The van der Waals surface area contributed by atoms with E-state index >= 15 is 0 Å². The fourth-order valence-electron chi connectivity index (χ4n) is 1.27. The highest BCUT2D eigenvalue weighted by molar-refractivity contribution is 6.31. The van der Waals surface area contributed by atoms with Crippen LogP contribution in [0.25, 0.3) is 0 Å². The minimum absolute atomic E-state index is 0.0200. The van der Waals surface area contributed by atoms with Gasteiger partial charge in [-0.25, -0.2) is 0 Å². The molecular formula is C12H13ClO3. The molecule has 0 amide bonds. The predicted molar refractivity (Wildman–Crippen MR) is 61.8 cm³/mol. The molecule has 16 heavy (non-hydrogen) atoms. The number of ketones is 1. The van der Waals surface area contributed by atoms with Crippen LogP contribution in [0.15, 0.2) is 18.2 Å². The van der Waals surface area contributed by atoms with Crippen LogP contribution in [-0.2, 0) is 16.0 Å². The Morgan fingerprint density at radius 2 is 2.00 bits per heavy atom. The van der Waals surface area contributed by atoms with Gasteiger partial charge in [0.25, 0.3) is 0 Å². The Kier molecular flexibility index (Phi) is 4.50. The maximum atomic E-state index is 11.1. The van der Waals surface area contributed by atoms with Gasteiger partial charge in [-0.2, -0.15) is 0 Å². The van der Waals surface area contributed by atoms with E-state index < -0.39 is 0 Å². The average Bonchev–Trinajstić information content (AvgIpc) is 2.19. The Bertz CT molecular complexity index is 413. The molecule has 86 valence electrons. The SMILES string of the molecule is CC(=O)OCCc1ccc(C(C)=O)cc1Cl. The van der Waals surface area contributed by atoms with Gasteiger partial charge in [0.05, 0.1) is 6.61 Å². The normalized spacial score (nSPS) is 9.94. The molecule has 0 fully saturated rings. The molecule has 0 spiro atoms. The third kappa shape index (κ3) is 3.66. The smallest absolute Gasteiger partial charge is 0.302 e. The number of carbonyl (C=O) groups is 2. The third-order valence-corrected chi connectivity index (χ3v) is 2.49. The zero-order valence-electron chi connectivity index (χ0n) is 9.25. The Labute approximate surface area is 99.4 Å². The van der Waals surface area contributed by atoms with Crippen molar-refractivity contribution in [2.75, 3.05) is 6.61 Å². The van der Waals surface area contributed by atoms with Gasteiger partial charge in [-0.05, 0) is 18.6 Å². The first-order valence-corrected chi connectivity index (χ1v) is 5.31. The van der Waals surface area contributed by atoms with Gasteiger partial charge >= 0.3 is 5.97 Å². The Balaban J connectivity index is 2.68. The summed E-state index contributed by atoms with van der Waals surface area (Å²) in [5.41, 5.74) is 1.45. The van der Waals surface area contributed by atoms with Gasteiger partial charge in [0.1, 0.15) is 0 Å². The lowest BCUT2D eigenvalue weighted by atomic mass is 10.1. The molecule has 0 aliphatic rings. The number of ether oxygens (including phenoxy) is 1. The van der Waals surface area contributed by atoms with Crippen LogP contribution < -0.4 is 0 Å². The van der Waals surface area contributed by atoms with E-state index in [1.54, 1.807) is 18.2 Å². The van der Waals surface area contributed by atoms with Crippen LogP contribution in [0.2, 0.25) is 5.02 Å². The molecule has 0 bridgehead atoms. The molecule has 0 aliphatic carbocycles. The summed E-state index contributed by atoms with van der Waals surface area (Å²) in [7, 11) is 0. The van der Waals surface area contributed by atoms with Gasteiger partial charge < -0.3 is 4.74 Å². The average molecular weight is 241 g/mol. The molecule has 4 heteroatoms. The summed E-state index contributed by atoms with van der Waals surface area (Å²) in [6.45, 7) is 3.15. The van der Waals surface area contributed by atoms with Crippen molar-refractivity contribution in [1.29, 1.82) is 0 Å². The van der Waals surface area contributed by atoms with Crippen molar-refractivity contribution >= 4 is 23.4 Å². The fraction of sp³-hybridized carbons (Fsp3) is 0.333. The van der Waals surface area contributed by atoms with Crippen LogP contribution >= 0.6 is 11.6 Å². The summed E-state index contributed by atoms with van der Waals surface area (Å²) in [5.74, 6) is -0.329. The standard InChI is InChI=1S/C12H13ClO3/c1-8(14)11-4-3-10(12(13)7-11)5-6-16-9(2)15/h3-4,7H,5-6H2,1-2H3. The highest BCUT2D eigenvalue weighted by Gasteiger charge is 2.05. The second-order valence-corrected chi connectivity index (χ2v) is 3.86. The van der Waals surface area contributed by atoms with E-state index in [0.29, 0.717) is 23.6 Å². The monoisotopic (exact) mass is 240 g/mol. The van der Waals surface area contributed by atoms with Crippen LogP contribution in [0.4, 0.5) is 0 Å². The van der Waals surface area contributed by atoms with E-state index in [-0.39, 0.29) is 11.8 Å². The fourth-order valence-corrected chi connectivity index (χ4v) is 1.55. The first-order valence-electron chi connectivity index (χ1n) is 4.93. The molecule has 0 radical (unpaired) electrons. The van der Waals surface area contributed by atoms with Crippen molar-refractivity contribution in [3.05, 3.63) is 34.3 Å². The number of hydrogen-bond donors (Lipinski definition) is 0. The zero-order chi connectivity index (χ0) is 12.1. The number of rotatable bonds is 4. The maximum absolute atomic E-state index is 11.1. The van der Waals surface area contributed by atoms with Crippen LogP contribution in [0.3, 0.4) is 0 Å². The van der Waals surface area contributed by atoms with Crippen LogP contribution in [0, 0.1) is 0 Å². The number of benzene rings is 1. The summed E-state index contributed by atoms with van der Waals surface area (Å²) < 4.78 is 4.81. The number of carbonyl (C=O) groups excluding carboxylic acids is 2. The minimum Gasteiger partial charge on any atom is -0.466 e. The highest BCUT2D eigenvalue weighted by Crippen LogP contribution is 2.18. The lowest BCUT2D eigenvalue weighted by Gasteiger charge is -2.05. The van der Waals surface area contributed by atoms with E-state index in [0.717, 1.165) is 5.56 Å². The van der Waals surface area contributed by atoms with Gasteiger partial charge in [0, 0.05) is 23.9 Å². The summed E-state index contributed by atoms with van der Waals surface area (Å²) in [5, 5.41) is 0.528. The molecule has 1 aromatic carbocycles. The molecule has 0 atom stereocenters. The van der Waals surface area contributed by atoms with Gasteiger partial charge in [0.15, 0.2) is 5.78 Å². The molecule has 0 heterocycles. The van der Waals surface area contributed by atoms with Crippen molar-refractivity contribution in [2.24, 2.45) is 0 Å². The molecule has 0 aliphatic heterocycles. The summed E-state index contributed by atoms with van der Waals surface area (Å²) in [6, 6.07) is 5.13. The molecule has 3 nitrogen and oxygen atoms in total. The lowest BCUT2D eigenvalue weighted by Crippen LogP contribution is -2.04. The summed E-state index contributed by atoms with van der Waals surface area (Å²) in [4.78, 5) is 21.6.